The predicted molar refractivity (Wildman–Crippen MR) is 44.1 cm³/mol. The van der Waals surface area contributed by atoms with Crippen LogP contribution >= 0.6 is 15.9 Å². The van der Waals surface area contributed by atoms with Gasteiger partial charge in [0.05, 0.1) is 0 Å². The highest BCUT2D eigenvalue weighted by Crippen LogP contribution is 2.14. The maximum absolute atomic E-state index is 8.56. The van der Waals surface area contributed by atoms with Gasteiger partial charge in [-0.15, -0.1) is 0 Å². The molecule has 0 N–H and O–H groups in total. The van der Waals surface area contributed by atoms with Gasteiger partial charge in [0.2, 0.25) is 0 Å². The van der Waals surface area contributed by atoms with Gasteiger partial charge >= 0.3 is 0 Å². The van der Waals surface area contributed by atoms with Gasteiger partial charge in [0, 0.05) is 17.4 Å². The van der Waals surface area contributed by atoms with Crippen molar-refractivity contribution in [2.24, 2.45) is 10.9 Å². The van der Waals surface area contributed by atoms with E-state index in [9.17, 15) is 0 Å². The molecule has 0 aromatic heterocycles. The van der Waals surface area contributed by atoms with Crippen molar-refractivity contribution in [3.8, 4) is 6.07 Å². The van der Waals surface area contributed by atoms with Crippen LogP contribution in [0.25, 0.3) is 0 Å². The monoisotopic (exact) mass is 198 g/mol. The minimum atomic E-state index is 0.287. The molecule has 0 fully saturated rings. The Bertz CT molecular complexity index is 212. The van der Waals surface area contributed by atoms with Gasteiger partial charge in [-0.25, -0.2) is 0 Å². The van der Waals surface area contributed by atoms with Gasteiger partial charge in [-0.1, -0.05) is 22.0 Å². The first-order valence-corrected chi connectivity index (χ1v) is 4.19. The second-order valence-electron chi connectivity index (χ2n) is 2.10. The van der Waals surface area contributed by atoms with Gasteiger partial charge in [-0.05, 0) is 6.42 Å². The van der Waals surface area contributed by atoms with E-state index in [1.54, 1.807) is 6.20 Å². The fourth-order valence-electron chi connectivity index (χ4n) is 0.831. The SMILES string of the molecule is N#CC1=NC=CCC1CBr. The summed E-state index contributed by atoms with van der Waals surface area (Å²) in [6, 6.07) is 2.07. The molecule has 1 aliphatic rings. The lowest BCUT2D eigenvalue weighted by molar-refractivity contribution is 0.800. The molecule has 0 saturated heterocycles. The molecular weight excluding hydrogens is 192 g/mol. The largest absolute Gasteiger partial charge is 0.250 e. The quantitative estimate of drug-likeness (QED) is 0.594. The highest BCUT2D eigenvalue weighted by Gasteiger charge is 2.14. The summed E-state index contributed by atoms with van der Waals surface area (Å²) in [5, 5.41) is 9.38. The number of allylic oxidation sites excluding steroid dienone is 1. The molecule has 2 nitrogen and oxygen atoms in total. The lowest BCUT2D eigenvalue weighted by atomic mass is 10.0. The second-order valence-corrected chi connectivity index (χ2v) is 2.75. The van der Waals surface area contributed by atoms with Gasteiger partial charge < -0.3 is 0 Å². The van der Waals surface area contributed by atoms with Crippen LogP contribution in [0, 0.1) is 17.2 Å². The molecule has 0 aliphatic carbocycles. The molecule has 1 heterocycles. The highest BCUT2D eigenvalue weighted by atomic mass is 79.9. The maximum atomic E-state index is 8.56. The average Bonchev–Trinajstić information content (AvgIpc) is 2.04. The van der Waals surface area contributed by atoms with Crippen molar-refractivity contribution < 1.29 is 0 Å². The van der Waals surface area contributed by atoms with Gasteiger partial charge in [0.1, 0.15) is 11.8 Å². The molecule has 1 rings (SSSR count). The number of aliphatic imine (C=N–C) groups is 1. The first-order valence-electron chi connectivity index (χ1n) is 3.07. The Morgan fingerprint density at radius 3 is 3.20 bits per heavy atom. The molecule has 0 aromatic carbocycles. The molecule has 1 unspecified atom stereocenters. The maximum Gasteiger partial charge on any atom is 0.121 e. The molecule has 0 spiro atoms. The number of nitriles is 1. The molecule has 0 saturated carbocycles. The van der Waals surface area contributed by atoms with Crippen LogP contribution in [0.4, 0.5) is 0 Å². The summed E-state index contributed by atoms with van der Waals surface area (Å²) in [5.74, 6) is 0.287. The minimum Gasteiger partial charge on any atom is -0.250 e. The van der Waals surface area contributed by atoms with Crippen molar-refractivity contribution in [1.82, 2.24) is 0 Å². The molecule has 0 radical (unpaired) electrons. The third kappa shape index (κ3) is 1.45. The zero-order valence-corrected chi connectivity index (χ0v) is 7.00. The van der Waals surface area contributed by atoms with Crippen molar-refractivity contribution >= 4 is 21.6 Å². The third-order valence-corrected chi connectivity index (χ3v) is 2.21. The van der Waals surface area contributed by atoms with Crippen LogP contribution in [0.3, 0.4) is 0 Å². The number of alkyl halides is 1. The van der Waals surface area contributed by atoms with Crippen LogP contribution < -0.4 is 0 Å². The molecule has 52 valence electrons. The van der Waals surface area contributed by atoms with Crippen LogP contribution in [0.5, 0.6) is 0 Å². The van der Waals surface area contributed by atoms with E-state index in [1.807, 2.05) is 6.08 Å². The topological polar surface area (TPSA) is 36.1 Å². The van der Waals surface area contributed by atoms with Crippen LogP contribution in [0.2, 0.25) is 0 Å². The van der Waals surface area contributed by atoms with E-state index >= 15 is 0 Å². The normalized spacial score (nSPS) is 23.6. The first-order chi connectivity index (χ1) is 4.88. The first kappa shape index (κ1) is 7.49. The summed E-state index contributed by atoms with van der Waals surface area (Å²) >= 11 is 3.33. The lowest BCUT2D eigenvalue weighted by Crippen LogP contribution is -2.15. The zero-order valence-electron chi connectivity index (χ0n) is 5.42. The van der Waals surface area contributed by atoms with Crippen LogP contribution in [0.1, 0.15) is 6.42 Å². The Labute approximate surface area is 68.4 Å². The van der Waals surface area contributed by atoms with E-state index in [0.717, 1.165) is 11.8 Å². The molecule has 1 aliphatic heterocycles. The van der Waals surface area contributed by atoms with E-state index in [4.69, 9.17) is 5.26 Å². The van der Waals surface area contributed by atoms with Gasteiger partial charge in [-0.3, -0.25) is 4.99 Å². The van der Waals surface area contributed by atoms with Crippen LogP contribution in [-0.2, 0) is 0 Å². The van der Waals surface area contributed by atoms with Gasteiger partial charge in [0.25, 0.3) is 0 Å². The smallest absolute Gasteiger partial charge is 0.121 e. The third-order valence-electron chi connectivity index (χ3n) is 1.43. The van der Waals surface area contributed by atoms with E-state index < -0.39 is 0 Å². The summed E-state index contributed by atoms with van der Waals surface area (Å²) in [4.78, 5) is 3.95. The molecule has 3 heteroatoms. The zero-order chi connectivity index (χ0) is 7.40. The highest BCUT2D eigenvalue weighted by molar-refractivity contribution is 9.09. The van der Waals surface area contributed by atoms with E-state index in [-0.39, 0.29) is 5.92 Å². The minimum absolute atomic E-state index is 0.287. The number of rotatable bonds is 1. The molecule has 1 atom stereocenters. The molecule has 0 bridgehead atoms. The lowest BCUT2D eigenvalue weighted by Gasteiger charge is -2.10. The molecule has 10 heavy (non-hydrogen) atoms. The van der Waals surface area contributed by atoms with Crippen molar-refractivity contribution in [2.45, 2.75) is 6.42 Å². The Hall–Kier alpha value is -0.620. The number of hydrogen-bond donors (Lipinski definition) is 0. The van der Waals surface area contributed by atoms with Crippen LogP contribution in [0.15, 0.2) is 17.3 Å². The molecular formula is C7H7BrN2. The van der Waals surface area contributed by atoms with Gasteiger partial charge in [0.15, 0.2) is 0 Å². The van der Waals surface area contributed by atoms with Crippen molar-refractivity contribution in [1.29, 1.82) is 5.26 Å². The van der Waals surface area contributed by atoms with Crippen molar-refractivity contribution in [3.05, 3.63) is 12.3 Å². The van der Waals surface area contributed by atoms with Crippen molar-refractivity contribution in [3.63, 3.8) is 0 Å². The predicted octanol–water partition coefficient (Wildman–Crippen LogP) is 1.88. The fraction of sp³-hybridized carbons (Fsp3) is 0.429. The second kappa shape index (κ2) is 3.52. The van der Waals surface area contributed by atoms with E-state index in [2.05, 4.69) is 27.0 Å². The molecule has 0 amide bonds. The molecule has 0 aromatic rings. The standard InChI is InChI=1S/C7H7BrN2/c8-4-6-2-1-3-10-7(6)5-9/h1,3,6H,2,4H2. The van der Waals surface area contributed by atoms with Crippen LogP contribution in [-0.4, -0.2) is 11.0 Å². The fourth-order valence-corrected chi connectivity index (χ4v) is 1.40. The Balaban J connectivity index is 2.73. The van der Waals surface area contributed by atoms with E-state index in [0.29, 0.717) is 5.71 Å². The Kier molecular flexibility index (Phi) is 2.64. The van der Waals surface area contributed by atoms with E-state index in [1.165, 1.54) is 0 Å². The number of halogens is 1. The van der Waals surface area contributed by atoms with Crippen molar-refractivity contribution in [2.75, 3.05) is 5.33 Å². The van der Waals surface area contributed by atoms with Gasteiger partial charge in [-0.2, -0.15) is 5.26 Å². The summed E-state index contributed by atoms with van der Waals surface area (Å²) in [5.41, 5.74) is 0.638. The summed E-state index contributed by atoms with van der Waals surface area (Å²) in [6.45, 7) is 0. The average molecular weight is 199 g/mol. The number of hydrogen-bond acceptors (Lipinski definition) is 2. The Morgan fingerprint density at radius 2 is 2.70 bits per heavy atom. The summed E-state index contributed by atoms with van der Waals surface area (Å²) in [6.07, 6.45) is 4.60. The Morgan fingerprint density at radius 1 is 1.90 bits per heavy atom. The summed E-state index contributed by atoms with van der Waals surface area (Å²) in [7, 11) is 0. The summed E-state index contributed by atoms with van der Waals surface area (Å²) < 4.78 is 0. The number of nitrogens with zero attached hydrogens (tertiary/aromatic N) is 2.